The zero-order valence-corrected chi connectivity index (χ0v) is 20.2. The quantitative estimate of drug-likeness (QED) is 0.443. The molecule has 180 valence electrons. The second-order valence-corrected chi connectivity index (χ2v) is 10.2. The molecule has 5 nitrogen and oxygen atoms in total. The number of hydrogen-bond acceptors (Lipinski definition) is 4. The Labute approximate surface area is 200 Å². The molecule has 1 aliphatic carbocycles. The predicted octanol–water partition coefficient (Wildman–Crippen LogP) is 6.11. The van der Waals surface area contributed by atoms with Crippen LogP contribution in [0.2, 0.25) is 0 Å². The minimum atomic E-state index is -0.312. The molecule has 1 unspecified atom stereocenters. The Morgan fingerprint density at radius 1 is 1.03 bits per heavy atom. The molecule has 2 aromatic carbocycles. The molecule has 2 heterocycles. The summed E-state index contributed by atoms with van der Waals surface area (Å²) >= 11 is 0. The number of rotatable bonds is 6. The van der Waals surface area contributed by atoms with Gasteiger partial charge in [-0.1, -0.05) is 26.7 Å². The van der Waals surface area contributed by atoms with Gasteiger partial charge >= 0.3 is 0 Å². The highest BCUT2D eigenvalue weighted by atomic mass is 19.1. The van der Waals surface area contributed by atoms with Gasteiger partial charge in [0.25, 0.3) is 5.56 Å². The van der Waals surface area contributed by atoms with Crippen molar-refractivity contribution in [1.82, 2.24) is 14.5 Å². The average molecular weight is 464 g/mol. The van der Waals surface area contributed by atoms with E-state index in [0.29, 0.717) is 34.9 Å². The fourth-order valence-corrected chi connectivity index (χ4v) is 5.64. The second kappa shape index (κ2) is 9.87. The summed E-state index contributed by atoms with van der Waals surface area (Å²) in [4.78, 5) is 21.3. The molecule has 0 N–H and O–H groups in total. The van der Waals surface area contributed by atoms with Crippen LogP contribution in [0, 0.1) is 11.7 Å². The lowest BCUT2D eigenvalue weighted by Crippen LogP contribution is -2.43. The van der Waals surface area contributed by atoms with E-state index in [2.05, 4.69) is 18.7 Å². The summed E-state index contributed by atoms with van der Waals surface area (Å²) in [6.45, 7) is 7.17. The molecule has 2 aliphatic rings. The molecule has 34 heavy (non-hydrogen) atoms. The van der Waals surface area contributed by atoms with E-state index in [1.807, 2.05) is 16.7 Å². The van der Waals surface area contributed by atoms with Crippen molar-refractivity contribution in [3.63, 3.8) is 0 Å². The smallest absolute Gasteiger partial charge is 0.261 e. The van der Waals surface area contributed by atoms with Gasteiger partial charge in [0.15, 0.2) is 0 Å². The largest absolute Gasteiger partial charge is 0.457 e. The van der Waals surface area contributed by atoms with Gasteiger partial charge in [-0.3, -0.25) is 9.36 Å². The van der Waals surface area contributed by atoms with Gasteiger partial charge in [-0.15, -0.1) is 0 Å². The number of likely N-dealkylation sites (tertiary alicyclic amines) is 1. The van der Waals surface area contributed by atoms with Gasteiger partial charge in [0.05, 0.1) is 10.9 Å². The van der Waals surface area contributed by atoms with E-state index < -0.39 is 0 Å². The van der Waals surface area contributed by atoms with Gasteiger partial charge in [0.1, 0.15) is 23.1 Å². The highest BCUT2D eigenvalue weighted by Gasteiger charge is 2.29. The molecule has 1 saturated heterocycles. The van der Waals surface area contributed by atoms with Crippen LogP contribution in [-0.4, -0.2) is 33.6 Å². The van der Waals surface area contributed by atoms with Crippen molar-refractivity contribution in [2.45, 2.75) is 70.9 Å². The van der Waals surface area contributed by atoms with Gasteiger partial charge in [0.2, 0.25) is 0 Å². The Hall–Kier alpha value is -2.73. The van der Waals surface area contributed by atoms with Gasteiger partial charge < -0.3 is 9.64 Å². The molecule has 2 fully saturated rings. The topological polar surface area (TPSA) is 47.4 Å². The maximum atomic E-state index is 13.7. The fraction of sp³-hybridized carbons (Fsp3) is 0.500. The first-order valence-electron chi connectivity index (χ1n) is 12.7. The van der Waals surface area contributed by atoms with Crippen molar-refractivity contribution in [3.05, 3.63) is 64.5 Å². The number of halogens is 1. The third-order valence-corrected chi connectivity index (χ3v) is 7.35. The standard InChI is InChI=1S/C28H34FN3O2/c1-19(2)27-30-26-14-13-24(34-23-11-9-21(29)10-12-23)16-25(26)28(33)32(27)18-20-6-5-15-31(17-20)22-7-3-4-8-22/h9-14,16,19-20,22H,3-8,15,17-18H2,1-2H3. The van der Waals surface area contributed by atoms with Crippen LogP contribution in [0.25, 0.3) is 10.9 Å². The van der Waals surface area contributed by atoms with E-state index >= 15 is 0 Å². The first kappa shape index (κ1) is 23.0. The Balaban J connectivity index is 1.44. The molecular formula is C28H34FN3O2. The lowest BCUT2D eigenvalue weighted by molar-refractivity contribution is 0.115. The first-order valence-corrected chi connectivity index (χ1v) is 12.7. The Kier molecular flexibility index (Phi) is 6.68. The van der Waals surface area contributed by atoms with Gasteiger partial charge in [-0.05, 0) is 80.6 Å². The average Bonchev–Trinajstić information content (AvgIpc) is 3.38. The lowest BCUT2D eigenvalue weighted by atomic mass is 9.95. The maximum absolute atomic E-state index is 13.7. The second-order valence-electron chi connectivity index (χ2n) is 10.2. The summed E-state index contributed by atoms with van der Waals surface area (Å²) in [6.07, 6.45) is 7.68. The lowest BCUT2D eigenvalue weighted by Gasteiger charge is -2.37. The molecule has 5 rings (SSSR count). The third kappa shape index (κ3) is 4.88. The number of nitrogens with zero attached hydrogens (tertiary/aromatic N) is 3. The number of ether oxygens (including phenoxy) is 1. The molecule has 0 amide bonds. The molecule has 1 atom stereocenters. The SMILES string of the molecule is CC(C)c1nc2ccc(Oc3ccc(F)cc3)cc2c(=O)n1CC1CCCN(C2CCCC2)C1. The van der Waals surface area contributed by atoms with E-state index in [4.69, 9.17) is 9.72 Å². The normalized spacial score (nSPS) is 19.8. The van der Waals surface area contributed by atoms with Crippen LogP contribution in [0.15, 0.2) is 47.3 Å². The third-order valence-electron chi connectivity index (χ3n) is 7.35. The van der Waals surface area contributed by atoms with Crippen LogP contribution in [0.1, 0.15) is 64.1 Å². The van der Waals surface area contributed by atoms with Crippen molar-refractivity contribution in [3.8, 4) is 11.5 Å². The number of aromatic nitrogens is 2. The van der Waals surface area contributed by atoms with Crippen LogP contribution in [-0.2, 0) is 6.54 Å². The van der Waals surface area contributed by atoms with E-state index in [1.54, 1.807) is 18.2 Å². The van der Waals surface area contributed by atoms with Crippen LogP contribution in [0.3, 0.4) is 0 Å². The van der Waals surface area contributed by atoms with Crippen LogP contribution in [0.4, 0.5) is 4.39 Å². The minimum absolute atomic E-state index is 0.00348. The molecule has 3 aromatic rings. The summed E-state index contributed by atoms with van der Waals surface area (Å²) in [5.41, 5.74) is 0.684. The van der Waals surface area contributed by atoms with Crippen molar-refractivity contribution in [1.29, 1.82) is 0 Å². The summed E-state index contributed by atoms with van der Waals surface area (Å²) in [5.74, 6) is 2.23. The Morgan fingerprint density at radius 3 is 2.50 bits per heavy atom. The molecule has 0 bridgehead atoms. The van der Waals surface area contributed by atoms with Gasteiger partial charge in [-0.25, -0.2) is 9.37 Å². The fourth-order valence-electron chi connectivity index (χ4n) is 5.64. The zero-order chi connectivity index (χ0) is 23.7. The molecule has 1 aliphatic heterocycles. The van der Waals surface area contributed by atoms with Crippen molar-refractivity contribution in [2.75, 3.05) is 13.1 Å². The first-order chi connectivity index (χ1) is 16.5. The summed E-state index contributed by atoms with van der Waals surface area (Å²) in [6, 6.07) is 12.0. The van der Waals surface area contributed by atoms with Crippen molar-refractivity contribution >= 4 is 10.9 Å². The number of hydrogen-bond donors (Lipinski definition) is 0. The van der Waals surface area contributed by atoms with E-state index in [9.17, 15) is 9.18 Å². The van der Waals surface area contributed by atoms with Crippen LogP contribution in [0.5, 0.6) is 11.5 Å². The predicted molar refractivity (Wildman–Crippen MR) is 133 cm³/mol. The highest BCUT2D eigenvalue weighted by molar-refractivity contribution is 5.79. The maximum Gasteiger partial charge on any atom is 0.261 e. The Bertz CT molecular complexity index is 1200. The monoisotopic (exact) mass is 463 g/mol. The number of piperidine rings is 1. The molecule has 1 aromatic heterocycles. The number of benzene rings is 2. The zero-order valence-electron chi connectivity index (χ0n) is 20.2. The van der Waals surface area contributed by atoms with E-state index in [1.165, 1.54) is 50.8 Å². The van der Waals surface area contributed by atoms with Crippen LogP contribution >= 0.6 is 0 Å². The molecule has 0 spiro atoms. The molecule has 0 radical (unpaired) electrons. The summed E-state index contributed by atoms with van der Waals surface area (Å²) < 4.78 is 21.0. The van der Waals surface area contributed by atoms with Crippen molar-refractivity contribution < 1.29 is 9.13 Å². The van der Waals surface area contributed by atoms with Gasteiger partial charge in [-0.2, -0.15) is 0 Å². The molecule has 6 heteroatoms. The minimum Gasteiger partial charge on any atom is -0.457 e. The number of fused-ring (bicyclic) bond motifs is 1. The highest BCUT2D eigenvalue weighted by Crippen LogP contribution is 2.29. The van der Waals surface area contributed by atoms with Crippen molar-refractivity contribution in [2.24, 2.45) is 5.92 Å². The van der Waals surface area contributed by atoms with Crippen LogP contribution < -0.4 is 10.3 Å². The van der Waals surface area contributed by atoms with E-state index in [0.717, 1.165) is 24.8 Å². The summed E-state index contributed by atoms with van der Waals surface area (Å²) in [7, 11) is 0. The van der Waals surface area contributed by atoms with E-state index in [-0.39, 0.29) is 17.3 Å². The molecular weight excluding hydrogens is 429 g/mol. The molecule has 1 saturated carbocycles. The van der Waals surface area contributed by atoms with Gasteiger partial charge in [0, 0.05) is 25.0 Å². The summed E-state index contributed by atoms with van der Waals surface area (Å²) in [5, 5.41) is 0.562. The Morgan fingerprint density at radius 2 is 1.76 bits per heavy atom.